The standard InChI is InChI=1S/C15H28N2O/c1-15(8-4-5-9-15)11-17-14(18)10-12-6-2-3-7-13(12)16/h12-13H,2-11,16H2,1H3,(H,17,18). The van der Waals surface area contributed by atoms with E-state index in [1.165, 1.54) is 38.5 Å². The fourth-order valence-electron chi connectivity index (χ4n) is 3.52. The number of amides is 1. The van der Waals surface area contributed by atoms with E-state index in [0.717, 1.165) is 19.4 Å². The zero-order valence-corrected chi connectivity index (χ0v) is 11.7. The molecular formula is C15H28N2O. The average molecular weight is 252 g/mol. The predicted molar refractivity (Wildman–Crippen MR) is 74.1 cm³/mol. The van der Waals surface area contributed by atoms with Crippen molar-refractivity contribution in [2.24, 2.45) is 17.1 Å². The summed E-state index contributed by atoms with van der Waals surface area (Å²) >= 11 is 0. The van der Waals surface area contributed by atoms with Crippen molar-refractivity contribution in [3.63, 3.8) is 0 Å². The maximum atomic E-state index is 12.0. The van der Waals surface area contributed by atoms with E-state index in [2.05, 4.69) is 12.2 Å². The molecule has 3 nitrogen and oxygen atoms in total. The molecule has 2 aliphatic rings. The molecule has 3 N–H and O–H groups in total. The van der Waals surface area contributed by atoms with Gasteiger partial charge in [0.2, 0.25) is 5.91 Å². The summed E-state index contributed by atoms with van der Waals surface area (Å²) in [5.74, 6) is 0.626. The van der Waals surface area contributed by atoms with Crippen molar-refractivity contribution in [3.05, 3.63) is 0 Å². The van der Waals surface area contributed by atoms with Gasteiger partial charge in [-0.15, -0.1) is 0 Å². The van der Waals surface area contributed by atoms with Crippen molar-refractivity contribution in [2.45, 2.75) is 70.8 Å². The van der Waals surface area contributed by atoms with Crippen LogP contribution < -0.4 is 11.1 Å². The van der Waals surface area contributed by atoms with Crippen LogP contribution in [-0.2, 0) is 4.79 Å². The molecule has 0 aromatic carbocycles. The topological polar surface area (TPSA) is 55.1 Å². The molecule has 18 heavy (non-hydrogen) atoms. The lowest BCUT2D eigenvalue weighted by Gasteiger charge is -2.29. The fourth-order valence-corrected chi connectivity index (χ4v) is 3.52. The molecule has 2 rings (SSSR count). The molecule has 2 saturated carbocycles. The van der Waals surface area contributed by atoms with Crippen molar-refractivity contribution in [2.75, 3.05) is 6.54 Å². The molecule has 0 radical (unpaired) electrons. The summed E-state index contributed by atoms with van der Waals surface area (Å²) in [5.41, 5.74) is 6.44. The number of nitrogens with two attached hydrogens (primary N) is 1. The number of rotatable bonds is 4. The van der Waals surface area contributed by atoms with E-state index in [1.807, 2.05) is 0 Å². The summed E-state index contributed by atoms with van der Waals surface area (Å²) in [7, 11) is 0. The normalized spacial score (nSPS) is 31.2. The van der Waals surface area contributed by atoms with Gasteiger partial charge in [0.15, 0.2) is 0 Å². The van der Waals surface area contributed by atoms with E-state index in [-0.39, 0.29) is 11.9 Å². The molecule has 1 amide bonds. The Kier molecular flexibility index (Phi) is 4.66. The smallest absolute Gasteiger partial charge is 0.220 e. The Morgan fingerprint density at radius 3 is 2.56 bits per heavy atom. The first-order chi connectivity index (χ1) is 8.59. The maximum absolute atomic E-state index is 12.0. The zero-order valence-electron chi connectivity index (χ0n) is 11.7. The molecule has 0 spiro atoms. The highest BCUT2D eigenvalue weighted by Gasteiger charge is 2.30. The van der Waals surface area contributed by atoms with Crippen LogP contribution in [0.4, 0.5) is 0 Å². The molecular weight excluding hydrogens is 224 g/mol. The second-order valence-corrected chi connectivity index (χ2v) is 6.71. The highest BCUT2D eigenvalue weighted by molar-refractivity contribution is 5.76. The first kappa shape index (κ1) is 13.9. The molecule has 2 atom stereocenters. The number of hydrogen-bond donors (Lipinski definition) is 2. The number of hydrogen-bond acceptors (Lipinski definition) is 2. The summed E-state index contributed by atoms with van der Waals surface area (Å²) in [6, 6.07) is 0.242. The van der Waals surface area contributed by atoms with Gasteiger partial charge in [-0.3, -0.25) is 4.79 Å². The molecule has 0 heterocycles. The van der Waals surface area contributed by atoms with Crippen molar-refractivity contribution < 1.29 is 4.79 Å². The van der Waals surface area contributed by atoms with E-state index in [4.69, 9.17) is 5.73 Å². The Balaban J connectivity index is 1.71. The largest absolute Gasteiger partial charge is 0.356 e. The first-order valence-corrected chi connectivity index (χ1v) is 7.61. The van der Waals surface area contributed by atoms with Gasteiger partial charge in [0, 0.05) is 19.0 Å². The van der Waals surface area contributed by atoms with Crippen LogP contribution >= 0.6 is 0 Å². The Bertz CT molecular complexity index is 284. The van der Waals surface area contributed by atoms with Crippen molar-refractivity contribution in [3.8, 4) is 0 Å². The van der Waals surface area contributed by atoms with Crippen LogP contribution in [0, 0.1) is 11.3 Å². The van der Waals surface area contributed by atoms with Crippen LogP contribution in [0.3, 0.4) is 0 Å². The van der Waals surface area contributed by atoms with Crippen LogP contribution in [0.5, 0.6) is 0 Å². The third kappa shape index (κ3) is 3.71. The van der Waals surface area contributed by atoms with Crippen LogP contribution in [0.2, 0.25) is 0 Å². The highest BCUT2D eigenvalue weighted by atomic mass is 16.1. The Morgan fingerprint density at radius 1 is 1.22 bits per heavy atom. The van der Waals surface area contributed by atoms with Crippen LogP contribution in [-0.4, -0.2) is 18.5 Å². The highest BCUT2D eigenvalue weighted by Crippen LogP contribution is 2.36. The van der Waals surface area contributed by atoms with E-state index >= 15 is 0 Å². The van der Waals surface area contributed by atoms with Crippen molar-refractivity contribution in [1.82, 2.24) is 5.32 Å². The summed E-state index contributed by atoms with van der Waals surface area (Å²) < 4.78 is 0. The van der Waals surface area contributed by atoms with E-state index < -0.39 is 0 Å². The van der Waals surface area contributed by atoms with Gasteiger partial charge in [0.05, 0.1) is 0 Å². The van der Waals surface area contributed by atoms with Gasteiger partial charge in [-0.1, -0.05) is 32.6 Å². The van der Waals surface area contributed by atoms with E-state index in [9.17, 15) is 4.79 Å². The third-order valence-electron chi connectivity index (χ3n) is 4.94. The van der Waals surface area contributed by atoms with Gasteiger partial charge in [0.1, 0.15) is 0 Å². The Labute approximate surface area is 111 Å². The molecule has 2 unspecified atom stereocenters. The van der Waals surface area contributed by atoms with Gasteiger partial charge in [-0.2, -0.15) is 0 Å². The molecule has 0 saturated heterocycles. The van der Waals surface area contributed by atoms with Gasteiger partial charge < -0.3 is 11.1 Å². The van der Waals surface area contributed by atoms with Crippen LogP contribution in [0.25, 0.3) is 0 Å². The maximum Gasteiger partial charge on any atom is 0.220 e. The lowest BCUT2D eigenvalue weighted by Crippen LogP contribution is -2.39. The summed E-state index contributed by atoms with van der Waals surface area (Å²) in [4.78, 5) is 12.0. The zero-order chi connectivity index (χ0) is 13.0. The summed E-state index contributed by atoms with van der Waals surface area (Å²) in [6.45, 7) is 3.15. The Hall–Kier alpha value is -0.570. The predicted octanol–water partition coefficient (Wildman–Crippen LogP) is 2.59. The number of carbonyl (C=O) groups excluding carboxylic acids is 1. The third-order valence-corrected chi connectivity index (χ3v) is 4.94. The van der Waals surface area contributed by atoms with E-state index in [0.29, 0.717) is 17.8 Å². The van der Waals surface area contributed by atoms with Crippen LogP contribution in [0.15, 0.2) is 0 Å². The average Bonchev–Trinajstić information content (AvgIpc) is 2.77. The summed E-state index contributed by atoms with van der Waals surface area (Å²) in [5, 5.41) is 3.14. The molecule has 2 fully saturated rings. The van der Waals surface area contributed by atoms with Crippen LogP contribution in [0.1, 0.15) is 64.7 Å². The molecule has 3 heteroatoms. The van der Waals surface area contributed by atoms with Gasteiger partial charge in [0.25, 0.3) is 0 Å². The monoisotopic (exact) mass is 252 g/mol. The van der Waals surface area contributed by atoms with Crippen molar-refractivity contribution in [1.29, 1.82) is 0 Å². The minimum atomic E-state index is 0.213. The molecule has 2 aliphatic carbocycles. The van der Waals surface area contributed by atoms with E-state index in [1.54, 1.807) is 0 Å². The number of carbonyl (C=O) groups is 1. The minimum absolute atomic E-state index is 0.213. The second-order valence-electron chi connectivity index (χ2n) is 6.71. The Morgan fingerprint density at radius 2 is 1.89 bits per heavy atom. The molecule has 104 valence electrons. The quantitative estimate of drug-likeness (QED) is 0.808. The lowest BCUT2D eigenvalue weighted by atomic mass is 9.82. The van der Waals surface area contributed by atoms with Gasteiger partial charge in [-0.25, -0.2) is 0 Å². The molecule has 0 bridgehead atoms. The van der Waals surface area contributed by atoms with Gasteiger partial charge in [-0.05, 0) is 37.0 Å². The number of nitrogens with one attached hydrogen (secondary N) is 1. The molecule has 0 aromatic rings. The minimum Gasteiger partial charge on any atom is -0.356 e. The SMILES string of the molecule is CC1(CNC(=O)CC2CCCCC2N)CCCC1. The lowest BCUT2D eigenvalue weighted by molar-refractivity contribution is -0.122. The first-order valence-electron chi connectivity index (χ1n) is 7.61. The van der Waals surface area contributed by atoms with Gasteiger partial charge >= 0.3 is 0 Å². The second kappa shape index (κ2) is 6.05. The fraction of sp³-hybridized carbons (Fsp3) is 0.933. The van der Waals surface area contributed by atoms with Crippen molar-refractivity contribution >= 4 is 5.91 Å². The molecule has 0 aliphatic heterocycles. The summed E-state index contributed by atoms with van der Waals surface area (Å²) in [6.07, 6.45) is 10.5. The molecule has 0 aromatic heterocycles.